The SMILES string of the molecule is CNc1nc(C)nc(NCCCN2CCCC2)c1C. The molecular weight excluding hydrogens is 238 g/mol. The average Bonchev–Trinajstić information content (AvgIpc) is 2.91. The van der Waals surface area contributed by atoms with Crippen molar-refractivity contribution in [1.29, 1.82) is 0 Å². The zero-order valence-corrected chi connectivity index (χ0v) is 12.3. The van der Waals surface area contributed by atoms with Gasteiger partial charge in [-0.1, -0.05) is 0 Å². The van der Waals surface area contributed by atoms with Gasteiger partial charge in [-0.25, -0.2) is 9.97 Å². The predicted octanol–water partition coefficient (Wildman–Crippen LogP) is 2.03. The molecule has 1 fully saturated rings. The number of nitrogens with zero attached hydrogens (tertiary/aromatic N) is 3. The Hall–Kier alpha value is -1.36. The summed E-state index contributed by atoms with van der Waals surface area (Å²) in [6, 6.07) is 0. The minimum absolute atomic E-state index is 0.803. The first-order chi connectivity index (χ1) is 9.20. The molecule has 1 saturated heterocycles. The number of hydrogen-bond donors (Lipinski definition) is 2. The van der Waals surface area contributed by atoms with E-state index in [1.54, 1.807) is 0 Å². The zero-order valence-electron chi connectivity index (χ0n) is 12.3. The monoisotopic (exact) mass is 263 g/mol. The molecule has 0 radical (unpaired) electrons. The molecule has 1 aliphatic heterocycles. The maximum absolute atomic E-state index is 4.47. The number of anilines is 2. The topological polar surface area (TPSA) is 53.1 Å². The van der Waals surface area contributed by atoms with Gasteiger partial charge in [-0.2, -0.15) is 0 Å². The molecule has 5 heteroatoms. The van der Waals surface area contributed by atoms with Gasteiger partial charge in [0.15, 0.2) is 0 Å². The van der Waals surface area contributed by atoms with Gasteiger partial charge in [-0.05, 0) is 52.7 Å². The normalized spacial score (nSPS) is 15.7. The van der Waals surface area contributed by atoms with E-state index in [0.717, 1.165) is 36.0 Å². The number of aromatic nitrogens is 2. The highest BCUT2D eigenvalue weighted by Crippen LogP contribution is 2.19. The van der Waals surface area contributed by atoms with Crippen LogP contribution in [0.4, 0.5) is 11.6 Å². The van der Waals surface area contributed by atoms with Gasteiger partial charge in [0.05, 0.1) is 0 Å². The van der Waals surface area contributed by atoms with Crippen molar-refractivity contribution < 1.29 is 0 Å². The molecule has 1 aliphatic rings. The molecule has 0 bridgehead atoms. The molecule has 106 valence electrons. The van der Waals surface area contributed by atoms with Crippen LogP contribution in [0, 0.1) is 13.8 Å². The fourth-order valence-corrected chi connectivity index (χ4v) is 2.56. The lowest BCUT2D eigenvalue weighted by atomic mass is 10.3. The second-order valence-electron chi connectivity index (χ2n) is 5.17. The molecule has 19 heavy (non-hydrogen) atoms. The zero-order chi connectivity index (χ0) is 13.7. The average molecular weight is 263 g/mol. The van der Waals surface area contributed by atoms with Gasteiger partial charge >= 0.3 is 0 Å². The molecule has 2 heterocycles. The van der Waals surface area contributed by atoms with Crippen LogP contribution in [0.2, 0.25) is 0 Å². The van der Waals surface area contributed by atoms with E-state index in [0.29, 0.717) is 0 Å². The summed E-state index contributed by atoms with van der Waals surface area (Å²) in [7, 11) is 1.89. The number of aryl methyl sites for hydroxylation is 1. The third kappa shape index (κ3) is 3.80. The number of likely N-dealkylation sites (tertiary alicyclic amines) is 1. The molecule has 5 nitrogen and oxygen atoms in total. The van der Waals surface area contributed by atoms with Gasteiger partial charge in [0.2, 0.25) is 0 Å². The molecule has 0 spiro atoms. The Kier molecular flexibility index (Phi) is 4.96. The second kappa shape index (κ2) is 6.70. The number of rotatable bonds is 6. The van der Waals surface area contributed by atoms with E-state index in [1.165, 1.54) is 32.5 Å². The molecule has 0 atom stereocenters. The van der Waals surface area contributed by atoms with E-state index in [-0.39, 0.29) is 0 Å². The van der Waals surface area contributed by atoms with E-state index in [1.807, 2.05) is 20.9 Å². The van der Waals surface area contributed by atoms with Crippen LogP contribution in [0.25, 0.3) is 0 Å². The van der Waals surface area contributed by atoms with Crippen LogP contribution in [0.15, 0.2) is 0 Å². The Morgan fingerprint density at radius 3 is 2.47 bits per heavy atom. The molecule has 2 N–H and O–H groups in total. The Morgan fingerprint density at radius 1 is 1.11 bits per heavy atom. The van der Waals surface area contributed by atoms with Crippen molar-refractivity contribution in [2.45, 2.75) is 33.1 Å². The van der Waals surface area contributed by atoms with Crippen LogP contribution < -0.4 is 10.6 Å². The van der Waals surface area contributed by atoms with Crippen LogP contribution in [-0.2, 0) is 0 Å². The van der Waals surface area contributed by atoms with E-state index in [4.69, 9.17) is 0 Å². The highest BCUT2D eigenvalue weighted by atomic mass is 15.1. The van der Waals surface area contributed by atoms with Crippen LogP contribution >= 0.6 is 0 Å². The smallest absolute Gasteiger partial charge is 0.134 e. The van der Waals surface area contributed by atoms with E-state index in [2.05, 4.69) is 25.5 Å². The summed E-state index contributed by atoms with van der Waals surface area (Å²) in [5, 5.41) is 6.55. The van der Waals surface area contributed by atoms with Crippen molar-refractivity contribution in [3.63, 3.8) is 0 Å². The minimum atomic E-state index is 0.803. The third-order valence-electron chi connectivity index (χ3n) is 3.64. The van der Waals surface area contributed by atoms with Gasteiger partial charge in [-0.15, -0.1) is 0 Å². The Labute approximate surface area is 115 Å². The largest absolute Gasteiger partial charge is 0.373 e. The van der Waals surface area contributed by atoms with Crippen molar-refractivity contribution in [3.05, 3.63) is 11.4 Å². The Morgan fingerprint density at radius 2 is 1.79 bits per heavy atom. The lowest BCUT2D eigenvalue weighted by molar-refractivity contribution is 0.337. The molecule has 1 aromatic rings. The maximum Gasteiger partial charge on any atom is 0.134 e. The second-order valence-corrected chi connectivity index (χ2v) is 5.17. The summed E-state index contributed by atoms with van der Waals surface area (Å²) in [5.41, 5.74) is 1.09. The fraction of sp³-hybridized carbons (Fsp3) is 0.714. The van der Waals surface area contributed by atoms with Crippen molar-refractivity contribution in [2.24, 2.45) is 0 Å². The van der Waals surface area contributed by atoms with E-state index >= 15 is 0 Å². The highest BCUT2D eigenvalue weighted by Gasteiger charge is 2.11. The lowest BCUT2D eigenvalue weighted by Crippen LogP contribution is -2.22. The molecule has 2 rings (SSSR count). The molecule has 0 saturated carbocycles. The molecule has 0 aromatic carbocycles. The highest BCUT2D eigenvalue weighted by molar-refractivity contribution is 5.56. The predicted molar refractivity (Wildman–Crippen MR) is 79.8 cm³/mol. The summed E-state index contributed by atoms with van der Waals surface area (Å²) in [4.78, 5) is 11.4. The summed E-state index contributed by atoms with van der Waals surface area (Å²) in [5.74, 6) is 2.67. The van der Waals surface area contributed by atoms with Gasteiger partial charge in [0, 0.05) is 19.2 Å². The van der Waals surface area contributed by atoms with E-state index < -0.39 is 0 Å². The van der Waals surface area contributed by atoms with Gasteiger partial charge < -0.3 is 15.5 Å². The fourth-order valence-electron chi connectivity index (χ4n) is 2.56. The van der Waals surface area contributed by atoms with Crippen molar-refractivity contribution in [1.82, 2.24) is 14.9 Å². The van der Waals surface area contributed by atoms with E-state index in [9.17, 15) is 0 Å². The van der Waals surface area contributed by atoms with Crippen LogP contribution in [0.5, 0.6) is 0 Å². The van der Waals surface area contributed by atoms with Crippen molar-refractivity contribution in [2.75, 3.05) is 43.9 Å². The van der Waals surface area contributed by atoms with Crippen molar-refractivity contribution in [3.8, 4) is 0 Å². The van der Waals surface area contributed by atoms with Gasteiger partial charge in [-0.3, -0.25) is 0 Å². The number of hydrogen-bond acceptors (Lipinski definition) is 5. The maximum atomic E-state index is 4.47. The first-order valence-corrected chi connectivity index (χ1v) is 7.20. The molecular formula is C14H25N5. The molecule has 0 unspecified atom stereocenters. The molecule has 1 aromatic heterocycles. The summed E-state index contributed by atoms with van der Waals surface area (Å²) >= 11 is 0. The summed E-state index contributed by atoms with van der Waals surface area (Å²) < 4.78 is 0. The Bertz CT molecular complexity index is 413. The Balaban J connectivity index is 1.83. The third-order valence-corrected chi connectivity index (χ3v) is 3.64. The minimum Gasteiger partial charge on any atom is -0.373 e. The van der Waals surface area contributed by atoms with Gasteiger partial charge in [0.25, 0.3) is 0 Å². The first-order valence-electron chi connectivity index (χ1n) is 7.20. The first kappa shape index (κ1) is 14.1. The lowest BCUT2D eigenvalue weighted by Gasteiger charge is -2.16. The van der Waals surface area contributed by atoms with Crippen LogP contribution in [0.3, 0.4) is 0 Å². The van der Waals surface area contributed by atoms with Gasteiger partial charge in [0.1, 0.15) is 17.5 Å². The summed E-state index contributed by atoms with van der Waals surface area (Å²) in [6.07, 6.45) is 3.89. The standard InChI is InChI=1S/C14H25N5/c1-11-13(15-3)17-12(2)18-14(11)16-7-6-10-19-8-4-5-9-19/h4-10H2,1-3H3,(H2,15,16,17,18). The summed E-state index contributed by atoms with van der Waals surface area (Å²) in [6.45, 7) is 8.68. The van der Waals surface area contributed by atoms with Crippen molar-refractivity contribution >= 4 is 11.6 Å². The van der Waals surface area contributed by atoms with Crippen LogP contribution in [0.1, 0.15) is 30.7 Å². The van der Waals surface area contributed by atoms with Crippen LogP contribution in [-0.4, -0.2) is 48.1 Å². The molecule has 0 amide bonds. The molecule has 0 aliphatic carbocycles. The number of nitrogens with one attached hydrogen (secondary N) is 2. The quantitative estimate of drug-likeness (QED) is 0.769.